The Balaban J connectivity index is 1.85. The molecule has 0 aliphatic carbocycles. The summed E-state index contributed by atoms with van der Waals surface area (Å²) in [5, 5.41) is 2.56. The highest BCUT2D eigenvalue weighted by molar-refractivity contribution is 6.01. The smallest absolute Gasteiger partial charge is 0.340 e. The lowest BCUT2D eigenvalue weighted by Crippen LogP contribution is -2.23. The summed E-state index contributed by atoms with van der Waals surface area (Å²) in [4.78, 5) is 35.9. The van der Waals surface area contributed by atoms with Gasteiger partial charge in [0.2, 0.25) is 0 Å². The number of ether oxygens (including phenoxy) is 3. The van der Waals surface area contributed by atoms with Crippen LogP contribution in [0.4, 0.5) is 5.69 Å². The second-order valence-corrected chi connectivity index (χ2v) is 5.73. The normalized spacial score (nSPS) is 10.1. The van der Waals surface area contributed by atoms with E-state index in [1.54, 1.807) is 55.5 Å². The fraction of sp³-hybridized carbons (Fsp3) is 0.286. The summed E-state index contributed by atoms with van der Waals surface area (Å²) in [5.41, 5.74) is 1.29. The minimum Gasteiger partial charge on any atom is -0.494 e. The van der Waals surface area contributed by atoms with Gasteiger partial charge in [0, 0.05) is 0 Å². The van der Waals surface area contributed by atoms with E-state index < -0.39 is 24.5 Å². The predicted octanol–water partition coefficient (Wildman–Crippen LogP) is 2.99. The van der Waals surface area contributed by atoms with Crippen LogP contribution >= 0.6 is 0 Å². The number of anilines is 1. The van der Waals surface area contributed by atoms with E-state index in [2.05, 4.69) is 5.32 Å². The molecule has 0 radical (unpaired) electrons. The first-order valence-electron chi connectivity index (χ1n) is 8.96. The first kappa shape index (κ1) is 21.0. The molecule has 2 rings (SSSR count). The van der Waals surface area contributed by atoms with E-state index in [9.17, 15) is 14.4 Å². The highest BCUT2D eigenvalue weighted by Crippen LogP contribution is 2.16. The molecule has 2 aromatic carbocycles. The number of benzene rings is 2. The molecule has 0 spiro atoms. The lowest BCUT2D eigenvalue weighted by molar-refractivity contribution is -0.146. The van der Waals surface area contributed by atoms with Gasteiger partial charge in [-0.2, -0.15) is 0 Å². The van der Waals surface area contributed by atoms with E-state index in [-0.39, 0.29) is 18.6 Å². The molecule has 0 saturated carbocycles. The first-order chi connectivity index (χ1) is 13.5. The number of para-hydroxylation sites is 1. The summed E-state index contributed by atoms with van der Waals surface area (Å²) in [6, 6.07) is 13.5. The summed E-state index contributed by atoms with van der Waals surface area (Å²) in [7, 11) is 0. The summed E-state index contributed by atoms with van der Waals surface area (Å²) in [6.07, 6.45) is 0.0408. The summed E-state index contributed by atoms with van der Waals surface area (Å²) in [6.45, 7) is 3.93. The van der Waals surface area contributed by atoms with Crippen LogP contribution in [0, 0.1) is 0 Å². The van der Waals surface area contributed by atoms with E-state index in [4.69, 9.17) is 14.2 Å². The quantitative estimate of drug-likeness (QED) is 0.668. The molecule has 0 saturated heterocycles. The minimum atomic E-state index is -0.545. The third-order valence-electron chi connectivity index (χ3n) is 3.64. The average Bonchev–Trinajstić information content (AvgIpc) is 2.69. The van der Waals surface area contributed by atoms with Crippen molar-refractivity contribution >= 4 is 23.5 Å². The zero-order chi connectivity index (χ0) is 20.4. The van der Waals surface area contributed by atoms with Crippen LogP contribution in [0.1, 0.15) is 29.8 Å². The molecule has 0 fully saturated rings. The van der Waals surface area contributed by atoms with Crippen molar-refractivity contribution in [1.82, 2.24) is 0 Å². The largest absolute Gasteiger partial charge is 0.494 e. The zero-order valence-electron chi connectivity index (χ0n) is 15.9. The van der Waals surface area contributed by atoms with Gasteiger partial charge in [0.25, 0.3) is 5.91 Å². The monoisotopic (exact) mass is 385 g/mol. The molecular formula is C21H23NO6. The van der Waals surface area contributed by atoms with E-state index in [1.807, 2.05) is 6.92 Å². The molecule has 7 nitrogen and oxygen atoms in total. The first-order valence-corrected chi connectivity index (χ1v) is 8.96. The van der Waals surface area contributed by atoms with Gasteiger partial charge in [-0.05, 0) is 43.7 Å². The zero-order valence-corrected chi connectivity index (χ0v) is 15.9. The Morgan fingerprint density at radius 3 is 2.29 bits per heavy atom. The number of hydrogen-bond donors (Lipinski definition) is 1. The SMILES string of the molecule is CCOC(=O)c1ccccc1NC(=O)COC(=O)Cc1ccc(OCC)cc1. The van der Waals surface area contributed by atoms with Gasteiger partial charge in [-0.15, -0.1) is 0 Å². The number of hydrogen-bond acceptors (Lipinski definition) is 6. The lowest BCUT2D eigenvalue weighted by Gasteiger charge is -2.10. The Bertz CT molecular complexity index is 816. The van der Waals surface area contributed by atoms with Crippen LogP contribution < -0.4 is 10.1 Å². The van der Waals surface area contributed by atoms with Gasteiger partial charge < -0.3 is 19.5 Å². The number of amides is 1. The lowest BCUT2D eigenvalue weighted by atomic mass is 10.1. The molecule has 0 heterocycles. The second kappa shape index (κ2) is 10.7. The van der Waals surface area contributed by atoms with E-state index in [1.165, 1.54) is 0 Å². The van der Waals surface area contributed by atoms with E-state index in [0.29, 0.717) is 12.3 Å². The maximum atomic E-state index is 12.1. The van der Waals surface area contributed by atoms with Crippen LogP contribution in [0.15, 0.2) is 48.5 Å². The van der Waals surface area contributed by atoms with Crippen LogP contribution in [-0.2, 0) is 25.5 Å². The minimum absolute atomic E-state index is 0.0408. The summed E-state index contributed by atoms with van der Waals surface area (Å²) >= 11 is 0. The molecule has 7 heteroatoms. The molecular weight excluding hydrogens is 362 g/mol. The van der Waals surface area contributed by atoms with Crippen molar-refractivity contribution in [3.05, 3.63) is 59.7 Å². The molecule has 0 unspecified atom stereocenters. The molecule has 1 N–H and O–H groups in total. The highest BCUT2D eigenvalue weighted by atomic mass is 16.5. The number of nitrogens with one attached hydrogen (secondary N) is 1. The van der Waals surface area contributed by atoms with Crippen molar-refractivity contribution in [3.8, 4) is 5.75 Å². The fourth-order valence-corrected chi connectivity index (χ4v) is 2.40. The van der Waals surface area contributed by atoms with Crippen molar-refractivity contribution in [2.24, 2.45) is 0 Å². The van der Waals surface area contributed by atoms with Crippen molar-refractivity contribution in [2.75, 3.05) is 25.1 Å². The highest BCUT2D eigenvalue weighted by Gasteiger charge is 2.15. The second-order valence-electron chi connectivity index (χ2n) is 5.73. The van der Waals surface area contributed by atoms with Gasteiger partial charge in [-0.3, -0.25) is 9.59 Å². The molecule has 1 amide bonds. The molecule has 0 bridgehead atoms. The van der Waals surface area contributed by atoms with Crippen LogP contribution in [0.5, 0.6) is 5.75 Å². The van der Waals surface area contributed by atoms with E-state index in [0.717, 1.165) is 11.3 Å². The van der Waals surface area contributed by atoms with Crippen LogP contribution in [0.3, 0.4) is 0 Å². The third-order valence-corrected chi connectivity index (χ3v) is 3.64. The van der Waals surface area contributed by atoms with Crippen LogP contribution in [-0.4, -0.2) is 37.7 Å². The Labute approximate surface area is 163 Å². The van der Waals surface area contributed by atoms with Crippen molar-refractivity contribution in [2.45, 2.75) is 20.3 Å². The molecule has 0 aliphatic rings. The van der Waals surface area contributed by atoms with Gasteiger partial charge >= 0.3 is 11.9 Å². The maximum Gasteiger partial charge on any atom is 0.340 e. The Kier molecular flexibility index (Phi) is 8.02. The third kappa shape index (κ3) is 6.42. The Hall–Kier alpha value is -3.35. The summed E-state index contributed by atoms with van der Waals surface area (Å²) in [5.74, 6) is -0.889. The Morgan fingerprint density at radius 2 is 1.61 bits per heavy atom. The molecule has 28 heavy (non-hydrogen) atoms. The van der Waals surface area contributed by atoms with Gasteiger partial charge in [0.15, 0.2) is 6.61 Å². The topological polar surface area (TPSA) is 90.9 Å². The van der Waals surface area contributed by atoms with Gasteiger partial charge in [0.1, 0.15) is 5.75 Å². The van der Waals surface area contributed by atoms with Gasteiger partial charge in [-0.25, -0.2) is 4.79 Å². The molecule has 148 valence electrons. The number of carbonyl (C=O) groups excluding carboxylic acids is 3. The van der Waals surface area contributed by atoms with Crippen molar-refractivity contribution in [3.63, 3.8) is 0 Å². The van der Waals surface area contributed by atoms with Crippen LogP contribution in [0.25, 0.3) is 0 Å². The number of carbonyl (C=O) groups is 3. The van der Waals surface area contributed by atoms with E-state index >= 15 is 0 Å². The maximum absolute atomic E-state index is 12.1. The standard InChI is InChI=1S/C21H23NO6/c1-3-26-16-11-9-15(10-12-16)13-20(24)28-14-19(23)22-18-8-6-5-7-17(18)21(25)27-4-2/h5-12H,3-4,13-14H2,1-2H3,(H,22,23). The average molecular weight is 385 g/mol. The van der Waals surface area contributed by atoms with Gasteiger partial charge in [0.05, 0.1) is 30.9 Å². The number of esters is 2. The molecule has 0 atom stereocenters. The molecule has 0 aromatic heterocycles. The molecule has 0 aliphatic heterocycles. The molecule has 2 aromatic rings. The van der Waals surface area contributed by atoms with Crippen LogP contribution in [0.2, 0.25) is 0 Å². The fourth-order valence-electron chi connectivity index (χ4n) is 2.40. The van der Waals surface area contributed by atoms with Crippen molar-refractivity contribution in [1.29, 1.82) is 0 Å². The number of rotatable bonds is 9. The predicted molar refractivity (Wildman–Crippen MR) is 103 cm³/mol. The Morgan fingerprint density at radius 1 is 0.893 bits per heavy atom. The van der Waals surface area contributed by atoms with Gasteiger partial charge in [-0.1, -0.05) is 24.3 Å². The summed E-state index contributed by atoms with van der Waals surface area (Å²) < 4.78 is 15.3. The van der Waals surface area contributed by atoms with Crippen molar-refractivity contribution < 1.29 is 28.6 Å².